The van der Waals surface area contributed by atoms with Crippen LogP contribution in [-0.4, -0.2) is 23.9 Å². The van der Waals surface area contributed by atoms with Gasteiger partial charge in [-0.25, -0.2) is 4.79 Å². The van der Waals surface area contributed by atoms with Gasteiger partial charge >= 0.3 is 6.03 Å². The number of hydrogen-bond acceptors (Lipinski definition) is 4. The molecule has 0 saturated heterocycles. The molecule has 1 saturated carbocycles. The van der Waals surface area contributed by atoms with Crippen LogP contribution in [0.3, 0.4) is 0 Å². The van der Waals surface area contributed by atoms with E-state index in [0.29, 0.717) is 27.5 Å². The highest BCUT2D eigenvalue weighted by Gasteiger charge is 2.23. The molecular weight excluding hydrogens is 400 g/mol. The second-order valence-electron chi connectivity index (χ2n) is 6.92. The molecule has 8 heteroatoms. The van der Waals surface area contributed by atoms with Gasteiger partial charge in [-0.15, -0.1) is 11.3 Å². The summed E-state index contributed by atoms with van der Waals surface area (Å²) in [5.41, 5.74) is 2.22. The van der Waals surface area contributed by atoms with E-state index in [1.807, 2.05) is 11.4 Å². The van der Waals surface area contributed by atoms with Crippen LogP contribution in [0.15, 0.2) is 66.0 Å². The minimum absolute atomic E-state index is 0.192. The summed E-state index contributed by atoms with van der Waals surface area (Å²) in [5, 5.41) is 13.1. The zero-order valence-electron chi connectivity index (χ0n) is 16.0. The van der Waals surface area contributed by atoms with E-state index in [-0.39, 0.29) is 23.9 Å². The predicted octanol–water partition coefficient (Wildman–Crippen LogP) is 4.54. The van der Waals surface area contributed by atoms with Gasteiger partial charge in [0.05, 0.1) is 4.88 Å². The summed E-state index contributed by atoms with van der Waals surface area (Å²) < 4.78 is 0. The standard InChI is InChI=1S/C22H20N4O3S/c27-20(14-6-8-15(9-7-14)25-22(29)26-16-10-11-16)23-17-3-1-4-18(13-17)24-21(28)19-5-2-12-30-19/h1-9,12-13,16H,10-11H2,(H,23,27)(H,24,28)(H2,25,26,29). The van der Waals surface area contributed by atoms with E-state index in [2.05, 4.69) is 21.3 Å². The maximum Gasteiger partial charge on any atom is 0.319 e. The number of hydrogen-bond donors (Lipinski definition) is 4. The van der Waals surface area contributed by atoms with Crippen LogP contribution in [0.4, 0.5) is 21.9 Å². The van der Waals surface area contributed by atoms with Crippen LogP contribution in [0, 0.1) is 0 Å². The fourth-order valence-corrected chi connectivity index (χ4v) is 3.38. The molecule has 0 aliphatic heterocycles. The molecule has 152 valence electrons. The minimum atomic E-state index is -0.286. The first-order chi connectivity index (χ1) is 14.6. The second kappa shape index (κ2) is 8.79. The zero-order chi connectivity index (χ0) is 20.9. The van der Waals surface area contributed by atoms with Gasteiger partial charge in [0.25, 0.3) is 11.8 Å². The van der Waals surface area contributed by atoms with Gasteiger partial charge in [-0.05, 0) is 66.8 Å². The van der Waals surface area contributed by atoms with E-state index in [1.165, 1.54) is 11.3 Å². The second-order valence-corrected chi connectivity index (χ2v) is 7.86. The monoisotopic (exact) mass is 420 g/mol. The normalized spacial score (nSPS) is 12.7. The molecule has 1 aliphatic rings. The molecule has 4 amide bonds. The van der Waals surface area contributed by atoms with E-state index in [0.717, 1.165) is 12.8 Å². The lowest BCUT2D eigenvalue weighted by atomic mass is 10.2. The minimum Gasteiger partial charge on any atom is -0.335 e. The number of anilines is 3. The quantitative estimate of drug-likeness (QED) is 0.471. The fraction of sp³-hybridized carbons (Fsp3) is 0.136. The summed E-state index contributed by atoms with van der Waals surface area (Å²) >= 11 is 1.36. The fourth-order valence-electron chi connectivity index (χ4n) is 2.76. The third-order valence-electron chi connectivity index (χ3n) is 4.44. The molecule has 2 aromatic carbocycles. The molecule has 30 heavy (non-hydrogen) atoms. The largest absolute Gasteiger partial charge is 0.335 e. The van der Waals surface area contributed by atoms with Gasteiger partial charge in [0.15, 0.2) is 0 Å². The summed E-state index contributed by atoms with van der Waals surface area (Å²) in [5.74, 6) is -0.479. The van der Waals surface area contributed by atoms with Crippen LogP contribution < -0.4 is 21.3 Å². The molecule has 0 atom stereocenters. The molecule has 0 unspecified atom stereocenters. The molecule has 3 aromatic rings. The van der Waals surface area contributed by atoms with Crippen molar-refractivity contribution in [3.05, 3.63) is 76.5 Å². The Bertz CT molecular complexity index is 1060. The number of carbonyl (C=O) groups excluding carboxylic acids is 3. The Kier molecular flexibility index (Phi) is 5.76. The Labute approximate surface area is 177 Å². The van der Waals surface area contributed by atoms with Crippen molar-refractivity contribution in [2.75, 3.05) is 16.0 Å². The van der Waals surface area contributed by atoms with E-state index < -0.39 is 0 Å². The highest BCUT2D eigenvalue weighted by Crippen LogP contribution is 2.20. The summed E-state index contributed by atoms with van der Waals surface area (Å²) in [7, 11) is 0. The van der Waals surface area contributed by atoms with Crippen molar-refractivity contribution in [2.45, 2.75) is 18.9 Å². The first kappa shape index (κ1) is 19.7. The highest BCUT2D eigenvalue weighted by molar-refractivity contribution is 7.12. The summed E-state index contributed by atoms with van der Waals surface area (Å²) in [6.07, 6.45) is 2.04. The number of urea groups is 1. The molecule has 0 bridgehead atoms. The van der Waals surface area contributed by atoms with Crippen molar-refractivity contribution < 1.29 is 14.4 Å². The molecule has 7 nitrogen and oxygen atoms in total. The first-order valence-electron chi connectivity index (χ1n) is 9.51. The Morgan fingerprint density at radius 3 is 2.10 bits per heavy atom. The molecule has 1 heterocycles. The smallest absolute Gasteiger partial charge is 0.319 e. The lowest BCUT2D eigenvalue weighted by molar-refractivity contribution is 0.102. The summed E-state index contributed by atoms with van der Waals surface area (Å²) in [6, 6.07) is 17.2. The van der Waals surface area contributed by atoms with Crippen molar-refractivity contribution in [3.8, 4) is 0 Å². The van der Waals surface area contributed by atoms with Gasteiger partial charge in [0.2, 0.25) is 0 Å². The van der Waals surface area contributed by atoms with Gasteiger partial charge in [-0.3, -0.25) is 9.59 Å². The number of benzene rings is 2. The third-order valence-corrected chi connectivity index (χ3v) is 5.31. The van der Waals surface area contributed by atoms with E-state index >= 15 is 0 Å². The topological polar surface area (TPSA) is 99.3 Å². The van der Waals surface area contributed by atoms with Crippen molar-refractivity contribution in [2.24, 2.45) is 0 Å². The molecule has 1 fully saturated rings. The van der Waals surface area contributed by atoms with E-state index in [1.54, 1.807) is 54.6 Å². The van der Waals surface area contributed by atoms with Gasteiger partial charge in [0, 0.05) is 28.7 Å². The van der Waals surface area contributed by atoms with Crippen LogP contribution in [0.25, 0.3) is 0 Å². The molecule has 4 N–H and O–H groups in total. The van der Waals surface area contributed by atoms with Crippen LogP contribution in [0.1, 0.15) is 32.9 Å². The summed E-state index contributed by atoms with van der Waals surface area (Å²) in [6.45, 7) is 0. The van der Waals surface area contributed by atoms with Crippen molar-refractivity contribution in [3.63, 3.8) is 0 Å². The van der Waals surface area contributed by atoms with E-state index in [9.17, 15) is 14.4 Å². The number of nitrogens with one attached hydrogen (secondary N) is 4. The molecule has 0 spiro atoms. The van der Waals surface area contributed by atoms with Gasteiger partial charge in [-0.1, -0.05) is 12.1 Å². The van der Waals surface area contributed by atoms with Crippen molar-refractivity contribution >= 4 is 46.2 Å². The average molecular weight is 420 g/mol. The predicted molar refractivity (Wildman–Crippen MR) is 118 cm³/mol. The molecule has 4 rings (SSSR count). The van der Waals surface area contributed by atoms with Crippen LogP contribution >= 0.6 is 11.3 Å². The van der Waals surface area contributed by atoms with Gasteiger partial charge < -0.3 is 21.3 Å². The molecule has 1 aromatic heterocycles. The lowest BCUT2D eigenvalue weighted by Gasteiger charge is -2.10. The van der Waals surface area contributed by atoms with Gasteiger partial charge in [-0.2, -0.15) is 0 Å². The number of amides is 4. The number of carbonyl (C=O) groups is 3. The lowest BCUT2D eigenvalue weighted by Crippen LogP contribution is -2.30. The Hall–Kier alpha value is -3.65. The first-order valence-corrected chi connectivity index (χ1v) is 10.4. The van der Waals surface area contributed by atoms with Crippen LogP contribution in [0.2, 0.25) is 0 Å². The molecular formula is C22H20N4O3S. The van der Waals surface area contributed by atoms with Gasteiger partial charge in [0.1, 0.15) is 0 Å². The van der Waals surface area contributed by atoms with Crippen LogP contribution in [0.5, 0.6) is 0 Å². The van der Waals surface area contributed by atoms with E-state index in [4.69, 9.17) is 0 Å². The maximum atomic E-state index is 12.5. The highest BCUT2D eigenvalue weighted by atomic mass is 32.1. The summed E-state index contributed by atoms with van der Waals surface area (Å²) in [4.78, 5) is 37.1. The Morgan fingerprint density at radius 2 is 1.47 bits per heavy atom. The number of thiophene rings is 1. The molecule has 0 radical (unpaired) electrons. The zero-order valence-corrected chi connectivity index (χ0v) is 16.8. The average Bonchev–Trinajstić information content (AvgIpc) is 3.36. The van der Waals surface area contributed by atoms with Crippen molar-refractivity contribution in [1.29, 1.82) is 0 Å². The Morgan fingerprint density at radius 1 is 0.767 bits per heavy atom. The third kappa shape index (κ3) is 5.24. The Balaban J connectivity index is 1.35. The van der Waals surface area contributed by atoms with Crippen molar-refractivity contribution in [1.82, 2.24) is 5.32 Å². The molecule has 1 aliphatic carbocycles. The number of rotatable bonds is 6. The SMILES string of the molecule is O=C(Nc1ccc(C(=O)Nc2cccc(NC(=O)c3cccs3)c2)cc1)NC1CC1. The maximum absolute atomic E-state index is 12.5. The van der Waals surface area contributed by atoms with Crippen LogP contribution in [-0.2, 0) is 0 Å².